The van der Waals surface area contributed by atoms with E-state index in [1.807, 2.05) is 60.7 Å². The normalized spacial score (nSPS) is 11.2. The molecule has 0 aromatic heterocycles. The van der Waals surface area contributed by atoms with Crippen LogP contribution in [0.25, 0.3) is 16.9 Å². The Morgan fingerprint density at radius 2 is 1.68 bits per heavy atom. The zero-order chi connectivity index (χ0) is 24.3. The molecule has 0 saturated carbocycles. The Hall–Kier alpha value is -3.74. The third kappa shape index (κ3) is 7.13. The first-order valence-electron chi connectivity index (χ1n) is 11.2. The lowest BCUT2D eigenvalue weighted by atomic mass is 10.0. The minimum atomic E-state index is -0.122. The zero-order valence-electron chi connectivity index (χ0n) is 19.9. The number of carbonyl (C=O) groups excluding carboxylic acids is 1. The van der Waals surface area contributed by atoms with Crippen LogP contribution in [-0.4, -0.2) is 38.4 Å². The van der Waals surface area contributed by atoms with Gasteiger partial charge in [0.25, 0.3) is 0 Å². The van der Waals surface area contributed by atoms with Crippen molar-refractivity contribution in [3.8, 4) is 16.9 Å². The van der Waals surface area contributed by atoms with Crippen LogP contribution in [-0.2, 0) is 9.53 Å². The third-order valence-corrected chi connectivity index (χ3v) is 5.11. The molecule has 3 aromatic rings. The Morgan fingerprint density at radius 3 is 2.35 bits per heavy atom. The average molecular weight is 458 g/mol. The predicted octanol–water partition coefficient (Wildman–Crippen LogP) is 5.36. The van der Waals surface area contributed by atoms with Gasteiger partial charge in [-0.2, -0.15) is 0 Å². The second-order valence-electron chi connectivity index (χ2n) is 7.84. The van der Waals surface area contributed by atoms with Crippen molar-refractivity contribution in [1.82, 2.24) is 5.32 Å². The maximum Gasteiger partial charge on any atom is 0.156 e. The van der Waals surface area contributed by atoms with E-state index in [4.69, 9.17) is 14.9 Å². The van der Waals surface area contributed by atoms with Crippen LogP contribution in [0.2, 0.25) is 0 Å². The van der Waals surface area contributed by atoms with Crippen molar-refractivity contribution in [3.63, 3.8) is 0 Å². The third-order valence-electron chi connectivity index (χ3n) is 5.11. The summed E-state index contributed by atoms with van der Waals surface area (Å²) in [7, 11) is 1.68. The van der Waals surface area contributed by atoms with Gasteiger partial charge in [0.2, 0.25) is 0 Å². The molecule has 34 heavy (non-hydrogen) atoms. The van der Waals surface area contributed by atoms with Crippen molar-refractivity contribution in [2.75, 3.05) is 32.2 Å². The molecule has 3 aromatic carbocycles. The Bertz CT molecular complexity index is 1150. The molecular formula is C28H31N3O3. The van der Waals surface area contributed by atoms with E-state index < -0.39 is 0 Å². The number of anilines is 1. The number of ketones is 1. The highest BCUT2D eigenvalue weighted by molar-refractivity contribution is 6.02. The average Bonchev–Trinajstić information content (AvgIpc) is 2.84. The smallest absolute Gasteiger partial charge is 0.156 e. The van der Waals surface area contributed by atoms with Crippen molar-refractivity contribution in [2.45, 2.75) is 13.8 Å². The van der Waals surface area contributed by atoms with E-state index in [0.717, 1.165) is 28.9 Å². The van der Waals surface area contributed by atoms with Gasteiger partial charge in [0.1, 0.15) is 11.5 Å². The summed E-state index contributed by atoms with van der Waals surface area (Å²) in [5.74, 6) is 0.919. The Kier molecular flexibility index (Phi) is 9.14. The molecule has 0 aliphatic heterocycles. The van der Waals surface area contributed by atoms with Crippen molar-refractivity contribution in [3.05, 3.63) is 90.0 Å². The first-order chi connectivity index (χ1) is 16.5. The predicted molar refractivity (Wildman–Crippen MR) is 138 cm³/mol. The first-order valence-corrected chi connectivity index (χ1v) is 11.2. The van der Waals surface area contributed by atoms with Gasteiger partial charge < -0.3 is 20.2 Å². The molecule has 0 aliphatic rings. The van der Waals surface area contributed by atoms with Crippen molar-refractivity contribution >= 4 is 22.9 Å². The fraction of sp³-hybridized carbons (Fsp3) is 0.214. The van der Waals surface area contributed by atoms with Crippen LogP contribution in [0.1, 0.15) is 25.0 Å². The van der Waals surface area contributed by atoms with E-state index in [2.05, 4.69) is 22.8 Å². The fourth-order valence-electron chi connectivity index (χ4n) is 3.45. The number of hydrogen-bond acceptors (Lipinski definition) is 6. The topological polar surface area (TPSA) is 83.4 Å². The number of allylic oxidation sites excluding steroid dienone is 1. The molecule has 0 atom stereocenters. The largest absolute Gasteiger partial charge is 0.457 e. The van der Waals surface area contributed by atoms with Crippen LogP contribution in [0.4, 0.5) is 5.69 Å². The molecule has 6 heteroatoms. The van der Waals surface area contributed by atoms with Gasteiger partial charge in [-0.15, -0.1) is 0 Å². The van der Waals surface area contributed by atoms with Crippen LogP contribution in [0.15, 0.2) is 78.9 Å². The van der Waals surface area contributed by atoms with E-state index >= 15 is 0 Å². The van der Waals surface area contributed by atoms with Crippen LogP contribution in [0, 0.1) is 5.41 Å². The highest BCUT2D eigenvalue weighted by atomic mass is 16.5. The number of ether oxygens (including phenoxy) is 2. The highest BCUT2D eigenvalue weighted by Crippen LogP contribution is 2.29. The maximum atomic E-state index is 11.9. The molecule has 176 valence electrons. The van der Waals surface area contributed by atoms with Gasteiger partial charge in [-0.25, -0.2) is 0 Å². The Morgan fingerprint density at radius 1 is 0.941 bits per heavy atom. The van der Waals surface area contributed by atoms with Crippen molar-refractivity contribution < 1.29 is 14.3 Å². The lowest BCUT2D eigenvalue weighted by Crippen LogP contribution is -2.25. The molecule has 3 N–H and O–H groups in total. The van der Waals surface area contributed by atoms with Crippen molar-refractivity contribution in [2.24, 2.45) is 0 Å². The molecule has 3 rings (SSSR count). The maximum absolute atomic E-state index is 11.9. The molecular weight excluding hydrogens is 426 g/mol. The molecule has 6 nitrogen and oxygen atoms in total. The molecule has 0 heterocycles. The molecule has 0 spiro atoms. The van der Waals surface area contributed by atoms with Gasteiger partial charge in [0, 0.05) is 42.3 Å². The summed E-state index contributed by atoms with van der Waals surface area (Å²) in [5.41, 5.74) is 4.92. The van der Waals surface area contributed by atoms with Crippen LogP contribution in [0.3, 0.4) is 0 Å². The minimum absolute atomic E-state index is 0.122. The summed E-state index contributed by atoms with van der Waals surface area (Å²) in [6.07, 6.45) is 1.47. The van der Waals surface area contributed by atoms with Crippen LogP contribution < -0.4 is 15.4 Å². The fourth-order valence-corrected chi connectivity index (χ4v) is 3.45. The second kappa shape index (κ2) is 12.5. The summed E-state index contributed by atoms with van der Waals surface area (Å²) < 4.78 is 11.2. The number of carbonyl (C=O) groups is 1. The van der Waals surface area contributed by atoms with Gasteiger partial charge in [0.15, 0.2) is 5.78 Å². The summed E-state index contributed by atoms with van der Waals surface area (Å²) >= 11 is 0. The monoisotopic (exact) mass is 457 g/mol. The highest BCUT2D eigenvalue weighted by Gasteiger charge is 2.13. The Balaban J connectivity index is 1.78. The first kappa shape index (κ1) is 24.9. The number of rotatable bonds is 12. The SMILES string of the molecule is COCCNCNc1ccc(-c2cccc(OC(=CC(C)=O)c3ccccc3C(C)=N)c2)cc1. The lowest BCUT2D eigenvalue weighted by Gasteiger charge is -2.15. The molecule has 0 amide bonds. The molecule has 0 aliphatic carbocycles. The van der Waals surface area contributed by atoms with Gasteiger partial charge in [-0.3, -0.25) is 10.1 Å². The summed E-state index contributed by atoms with van der Waals surface area (Å²) in [5, 5.41) is 14.7. The number of benzene rings is 3. The second-order valence-corrected chi connectivity index (χ2v) is 7.84. The van der Waals surface area contributed by atoms with E-state index in [9.17, 15) is 4.79 Å². The van der Waals surface area contributed by atoms with E-state index in [1.54, 1.807) is 14.0 Å². The quantitative estimate of drug-likeness (QED) is 0.112. The van der Waals surface area contributed by atoms with E-state index in [1.165, 1.54) is 13.0 Å². The summed E-state index contributed by atoms with van der Waals surface area (Å²) in [4.78, 5) is 11.9. The van der Waals surface area contributed by atoms with Gasteiger partial charge in [-0.05, 0) is 49.2 Å². The van der Waals surface area contributed by atoms with E-state index in [0.29, 0.717) is 36.1 Å². The summed E-state index contributed by atoms with van der Waals surface area (Å²) in [6, 6.07) is 23.4. The van der Waals surface area contributed by atoms with Crippen LogP contribution >= 0.6 is 0 Å². The molecule has 0 bridgehead atoms. The molecule has 0 fully saturated rings. The van der Waals surface area contributed by atoms with Gasteiger partial charge >= 0.3 is 0 Å². The summed E-state index contributed by atoms with van der Waals surface area (Å²) in [6.45, 7) is 5.34. The lowest BCUT2D eigenvalue weighted by molar-refractivity contribution is -0.112. The minimum Gasteiger partial charge on any atom is -0.457 e. The van der Waals surface area contributed by atoms with Crippen molar-refractivity contribution in [1.29, 1.82) is 5.41 Å². The zero-order valence-corrected chi connectivity index (χ0v) is 19.9. The molecule has 0 saturated heterocycles. The number of nitrogens with one attached hydrogen (secondary N) is 3. The van der Waals surface area contributed by atoms with Crippen LogP contribution in [0.5, 0.6) is 5.75 Å². The molecule has 0 unspecified atom stereocenters. The van der Waals surface area contributed by atoms with E-state index in [-0.39, 0.29) is 5.78 Å². The standard InChI is InChI=1S/C28H31N3O3/c1-20(32)17-28(27-10-5-4-9-26(27)21(2)29)34-25-8-6-7-23(18-25)22-11-13-24(14-12-22)31-19-30-15-16-33-3/h4-14,17-18,29-31H,15-16,19H2,1-3H3. The van der Waals surface area contributed by atoms with Gasteiger partial charge in [0.05, 0.1) is 13.3 Å². The number of methoxy groups -OCH3 is 1. The Labute approximate surface area is 201 Å². The van der Waals surface area contributed by atoms with Gasteiger partial charge in [-0.1, -0.05) is 48.5 Å². The molecule has 0 radical (unpaired) electrons. The number of hydrogen-bond donors (Lipinski definition) is 3.